The summed E-state index contributed by atoms with van der Waals surface area (Å²) in [6, 6.07) is 0. The van der Waals surface area contributed by atoms with E-state index in [4.69, 9.17) is 0 Å². The second kappa shape index (κ2) is 37.8. The molecule has 0 heterocycles. The van der Waals surface area contributed by atoms with E-state index < -0.39 is 0 Å². The average Bonchev–Trinajstić information content (AvgIpc) is 0. The van der Waals surface area contributed by atoms with Gasteiger partial charge in [-0.3, -0.25) is 0 Å². The van der Waals surface area contributed by atoms with Crippen molar-refractivity contribution in [2.24, 2.45) is 0 Å². The van der Waals surface area contributed by atoms with E-state index in [-0.39, 0.29) is 224 Å². The van der Waals surface area contributed by atoms with Gasteiger partial charge in [-0.1, -0.05) is 0 Å². The molecule has 0 saturated carbocycles. The molecular weight excluding hydrogens is 335 g/mol. The van der Waals surface area contributed by atoms with Crippen LogP contribution in [0.1, 0.15) is 0 Å². The van der Waals surface area contributed by atoms with E-state index >= 15 is 0 Å². The Labute approximate surface area is 216 Å². The van der Waals surface area contributed by atoms with Gasteiger partial charge in [0.25, 0.3) is 0 Å². The first-order valence-corrected chi connectivity index (χ1v) is 0. The van der Waals surface area contributed by atoms with Crippen LogP contribution < -0.4 is 0 Å². The van der Waals surface area contributed by atoms with Gasteiger partial charge in [-0.2, -0.15) is 0 Å². The van der Waals surface area contributed by atoms with Crippen molar-refractivity contribution in [1.29, 1.82) is 0 Å². The van der Waals surface area contributed by atoms with Gasteiger partial charge in [-0.05, 0) is 0 Å². The van der Waals surface area contributed by atoms with Crippen LogP contribution in [0.25, 0.3) is 0 Å². The van der Waals surface area contributed by atoms with E-state index in [0.717, 1.165) is 0 Å². The van der Waals surface area contributed by atoms with Crippen molar-refractivity contribution in [3.8, 4) is 0 Å². The van der Waals surface area contributed by atoms with Gasteiger partial charge >= 0.3 is 187 Å². The van der Waals surface area contributed by atoms with E-state index in [2.05, 4.69) is 0 Å². The topological polar surface area (TPSA) is 0 Å². The summed E-state index contributed by atoms with van der Waals surface area (Å²) in [4.78, 5) is 0. The molecule has 0 bridgehead atoms. The van der Waals surface area contributed by atoms with Crippen LogP contribution in [0.4, 0.5) is 0 Å². The van der Waals surface area contributed by atoms with Crippen LogP contribution >= 0.6 is 0 Å². The predicted molar refractivity (Wildman–Crippen MR) is 39.9 cm³/mol. The fraction of sp³-hybridized carbons (Fsp3) is 0. The predicted octanol–water partition coefficient (Wildman–Crippen LogP) is -4.05. The van der Waals surface area contributed by atoms with Gasteiger partial charge in [-0.15, -0.1) is 0 Å². The van der Waals surface area contributed by atoms with Crippen molar-refractivity contribution in [2.75, 3.05) is 0 Å². The molecule has 0 nitrogen and oxygen atoms in total. The molecule has 0 radical (unpaired) electrons. The van der Waals surface area contributed by atoms with Crippen LogP contribution in [0.5, 0.6) is 0 Å². The molecule has 7 heteroatoms. The van der Waals surface area contributed by atoms with E-state index in [1.165, 1.54) is 0 Å². The van der Waals surface area contributed by atoms with Crippen molar-refractivity contribution in [3.05, 3.63) is 0 Å². The van der Waals surface area contributed by atoms with Gasteiger partial charge in [0.1, 0.15) is 0 Å². The Kier molecular flexibility index (Phi) is 256. The van der Waals surface area contributed by atoms with Gasteiger partial charge in [0.05, 0.1) is 0 Å². The quantitative estimate of drug-likeness (QED) is 0.393. The molecule has 0 unspecified atom stereocenters. The molecule has 0 fully saturated rings. The molecule has 0 aromatic carbocycles. The Bertz CT molecular complexity index is 19.7. The van der Waals surface area contributed by atoms with E-state index in [1.807, 2.05) is 0 Å². The Morgan fingerprint density at radius 2 is 1.00 bits per heavy atom. The largest absolute Gasteiger partial charge is 0 e. The van der Waals surface area contributed by atoms with Crippen molar-refractivity contribution in [3.63, 3.8) is 0 Å². The Morgan fingerprint density at radius 1 is 1.00 bits per heavy atom. The van der Waals surface area contributed by atoms with Gasteiger partial charge in [-0.25, -0.2) is 0 Å². The Hall–Kier alpha value is 7.29. The van der Waals surface area contributed by atoms with E-state index in [1.54, 1.807) is 0 Å². The second-order valence-electron chi connectivity index (χ2n) is 0. The summed E-state index contributed by atoms with van der Waals surface area (Å²) < 4.78 is 0. The van der Waals surface area contributed by atoms with Crippen LogP contribution in [0, 0.1) is 0 Å². The molecule has 0 N–H and O–H groups in total. The van der Waals surface area contributed by atoms with Gasteiger partial charge in [0.15, 0.2) is 0 Å². The molecule has 0 atom stereocenters. The summed E-state index contributed by atoms with van der Waals surface area (Å²) in [6.07, 6.45) is 0. The minimum atomic E-state index is 0. The van der Waals surface area contributed by atoms with Gasteiger partial charge in [0.2, 0.25) is 0 Å². The Balaban J connectivity index is 0. The smallest absolute Gasteiger partial charge is 0 e. The van der Waals surface area contributed by atoms with Crippen molar-refractivity contribution < 1.29 is 36.5 Å². The number of hydrogen-bond donors (Lipinski definition) is 0. The minimum absolute atomic E-state index is 0. The average molecular weight is 343 g/mol. The maximum Gasteiger partial charge on any atom is 0 e. The molecular formula is H8CaFeKMgNaSrZn. The monoisotopic (exact) mass is 342 g/mol. The second-order valence-corrected chi connectivity index (χ2v) is 0. The minimum Gasteiger partial charge on any atom is 0 e. The third-order valence-corrected chi connectivity index (χ3v) is 0. The Morgan fingerprint density at radius 3 is 1.00 bits per heavy atom. The fourth-order valence-electron chi connectivity index (χ4n) is 0. The van der Waals surface area contributed by atoms with Crippen LogP contribution in [0.3, 0.4) is 0 Å². The maximum atomic E-state index is 0. The van der Waals surface area contributed by atoms with Crippen LogP contribution in [-0.4, -0.2) is 187 Å². The molecule has 0 saturated heterocycles. The van der Waals surface area contributed by atoms with Crippen LogP contribution in [0.2, 0.25) is 0 Å². The van der Waals surface area contributed by atoms with Crippen LogP contribution in [-0.2, 0) is 36.5 Å². The zero-order valence-electron chi connectivity index (χ0n) is 1.06. The summed E-state index contributed by atoms with van der Waals surface area (Å²) in [5, 5.41) is 0. The number of hydrogen-bond acceptors (Lipinski definition) is 0. The molecule has 0 aliphatic rings. The molecule has 0 aliphatic heterocycles. The molecule has 0 aliphatic carbocycles. The third-order valence-electron chi connectivity index (χ3n) is 0. The summed E-state index contributed by atoms with van der Waals surface area (Å²) >= 11 is 0. The van der Waals surface area contributed by atoms with Crippen molar-refractivity contribution >= 4 is 187 Å². The molecule has 7 heavy (non-hydrogen) atoms. The van der Waals surface area contributed by atoms with Crippen LogP contribution in [0.15, 0.2) is 0 Å². The zero-order valence-corrected chi connectivity index (χ0v) is 5.13. The van der Waals surface area contributed by atoms with E-state index in [0.29, 0.717) is 0 Å². The summed E-state index contributed by atoms with van der Waals surface area (Å²) in [5.41, 5.74) is 0. The maximum absolute atomic E-state index is 0. The summed E-state index contributed by atoms with van der Waals surface area (Å²) in [7, 11) is 0. The first kappa shape index (κ1) is 47.5. The van der Waals surface area contributed by atoms with E-state index in [9.17, 15) is 0 Å². The van der Waals surface area contributed by atoms with Crippen molar-refractivity contribution in [1.82, 2.24) is 0 Å². The fourth-order valence-corrected chi connectivity index (χ4v) is 0. The SMILES string of the molecule is [CaH2].[Fe].[KH].[MgH2].[NaH].[SrH2].[Zn]. The first-order valence-electron chi connectivity index (χ1n) is 0. The molecule has 0 aromatic heterocycles. The molecule has 26 valence electrons. The standard InChI is InChI=1S/Ca.Fe.K.Mg.Na.Sr.Zn.8H. The summed E-state index contributed by atoms with van der Waals surface area (Å²) in [5.74, 6) is 0. The molecule has 0 aromatic rings. The van der Waals surface area contributed by atoms with Gasteiger partial charge < -0.3 is 0 Å². The third kappa shape index (κ3) is 31.9. The first-order chi connectivity index (χ1) is 0. The summed E-state index contributed by atoms with van der Waals surface area (Å²) in [6.45, 7) is 0. The molecule has 0 rings (SSSR count). The molecule has 0 spiro atoms. The molecule has 0 amide bonds. The van der Waals surface area contributed by atoms with Gasteiger partial charge in [0, 0.05) is 36.5 Å². The number of rotatable bonds is 0. The zero-order chi connectivity index (χ0) is 0. The normalized spacial score (nSPS) is 0. The van der Waals surface area contributed by atoms with Crippen molar-refractivity contribution in [2.45, 2.75) is 0 Å².